The molecule has 1 heterocycles. The number of hydrogen-bond acceptors (Lipinski definition) is 3. The molecule has 0 aliphatic rings. The first-order valence-corrected chi connectivity index (χ1v) is 6.98. The van der Waals surface area contributed by atoms with Gasteiger partial charge in [0.05, 0.1) is 10.2 Å². The standard InChI is InChI=1S/C15H12F2N2S/c1-9-2-5-14-13(6-9)19-15(20-14)18-8-10-3-4-11(16)7-12(10)17/h2-7H,8H2,1H3,(H,18,19). The van der Waals surface area contributed by atoms with Crippen molar-refractivity contribution in [3.8, 4) is 0 Å². The van der Waals surface area contributed by atoms with Crippen LogP contribution >= 0.6 is 11.3 Å². The molecular weight excluding hydrogens is 278 g/mol. The zero-order chi connectivity index (χ0) is 14.1. The van der Waals surface area contributed by atoms with E-state index in [9.17, 15) is 8.78 Å². The van der Waals surface area contributed by atoms with E-state index in [-0.39, 0.29) is 6.54 Å². The number of nitrogens with zero attached hydrogens (tertiary/aromatic N) is 1. The van der Waals surface area contributed by atoms with Gasteiger partial charge in [0.2, 0.25) is 0 Å². The molecule has 0 fully saturated rings. The Hall–Kier alpha value is -2.01. The number of anilines is 1. The van der Waals surface area contributed by atoms with Gasteiger partial charge in [0, 0.05) is 18.2 Å². The molecule has 20 heavy (non-hydrogen) atoms. The molecule has 0 aliphatic heterocycles. The smallest absolute Gasteiger partial charge is 0.184 e. The van der Waals surface area contributed by atoms with E-state index < -0.39 is 11.6 Å². The van der Waals surface area contributed by atoms with Crippen LogP contribution < -0.4 is 5.32 Å². The average Bonchev–Trinajstić information content (AvgIpc) is 2.79. The molecule has 1 N–H and O–H groups in total. The van der Waals surface area contributed by atoms with E-state index in [0.29, 0.717) is 5.56 Å². The van der Waals surface area contributed by atoms with Crippen molar-refractivity contribution in [3.05, 3.63) is 59.2 Å². The second-order valence-corrected chi connectivity index (χ2v) is 5.61. The number of benzene rings is 2. The summed E-state index contributed by atoms with van der Waals surface area (Å²) in [5.74, 6) is -1.11. The van der Waals surface area contributed by atoms with Gasteiger partial charge in [-0.15, -0.1) is 0 Å². The van der Waals surface area contributed by atoms with Gasteiger partial charge in [-0.2, -0.15) is 0 Å². The lowest BCUT2D eigenvalue weighted by atomic mass is 10.2. The fourth-order valence-electron chi connectivity index (χ4n) is 1.95. The highest BCUT2D eigenvalue weighted by molar-refractivity contribution is 7.22. The van der Waals surface area contributed by atoms with Crippen LogP contribution in [0.5, 0.6) is 0 Å². The maximum absolute atomic E-state index is 13.5. The van der Waals surface area contributed by atoms with Crippen molar-refractivity contribution in [2.24, 2.45) is 0 Å². The third kappa shape index (κ3) is 2.63. The van der Waals surface area contributed by atoms with Crippen molar-refractivity contribution in [2.75, 3.05) is 5.32 Å². The predicted octanol–water partition coefficient (Wildman–Crippen LogP) is 4.50. The van der Waals surface area contributed by atoms with Crippen molar-refractivity contribution < 1.29 is 8.78 Å². The molecule has 0 unspecified atom stereocenters. The lowest BCUT2D eigenvalue weighted by Crippen LogP contribution is -2.01. The fourth-order valence-corrected chi connectivity index (χ4v) is 2.79. The molecule has 3 rings (SSSR count). The third-order valence-electron chi connectivity index (χ3n) is 2.99. The third-order valence-corrected chi connectivity index (χ3v) is 3.98. The van der Waals surface area contributed by atoms with Gasteiger partial charge in [-0.1, -0.05) is 23.5 Å². The molecule has 0 saturated carbocycles. The summed E-state index contributed by atoms with van der Waals surface area (Å²) in [6, 6.07) is 9.64. The summed E-state index contributed by atoms with van der Waals surface area (Å²) >= 11 is 1.52. The molecule has 0 spiro atoms. The van der Waals surface area contributed by atoms with Gasteiger partial charge in [0.15, 0.2) is 5.13 Å². The number of thiazole rings is 1. The number of halogens is 2. The normalized spacial score (nSPS) is 10.9. The number of aryl methyl sites for hydroxylation is 1. The Kier molecular flexibility index (Phi) is 3.36. The zero-order valence-corrected chi connectivity index (χ0v) is 11.6. The molecule has 0 saturated heterocycles. The first kappa shape index (κ1) is 13.0. The molecule has 3 aromatic rings. The topological polar surface area (TPSA) is 24.9 Å². The van der Waals surface area contributed by atoms with Crippen molar-refractivity contribution in [1.29, 1.82) is 0 Å². The predicted molar refractivity (Wildman–Crippen MR) is 78.0 cm³/mol. The van der Waals surface area contributed by atoms with Gasteiger partial charge in [0.1, 0.15) is 11.6 Å². The molecule has 1 aromatic heterocycles. The largest absolute Gasteiger partial charge is 0.357 e. The van der Waals surface area contributed by atoms with E-state index in [0.717, 1.165) is 27.0 Å². The quantitative estimate of drug-likeness (QED) is 0.768. The van der Waals surface area contributed by atoms with Crippen LogP contribution in [0.25, 0.3) is 10.2 Å². The van der Waals surface area contributed by atoms with Crippen LogP contribution in [0.4, 0.5) is 13.9 Å². The van der Waals surface area contributed by atoms with Gasteiger partial charge in [-0.25, -0.2) is 13.8 Å². The van der Waals surface area contributed by atoms with E-state index in [2.05, 4.69) is 10.3 Å². The molecule has 2 nitrogen and oxygen atoms in total. The summed E-state index contributed by atoms with van der Waals surface area (Å²) in [7, 11) is 0. The summed E-state index contributed by atoms with van der Waals surface area (Å²) in [5.41, 5.74) is 2.50. The Morgan fingerprint density at radius 1 is 1.15 bits per heavy atom. The van der Waals surface area contributed by atoms with Crippen LogP contribution in [0.2, 0.25) is 0 Å². The number of hydrogen-bond donors (Lipinski definition) is 1. The molecule has 0 amide bonds. The maximum Gasteiger partial charge on any atom is 0.184 e. The van der Waals surface area contributed by atoms with Crippen molar-refractivity contribution in [3.63, 3.8) is 0 Å². The van der Waals surface area contributed by atoms with E-state index in [1.54, 1.807) is 0 Å². The van der Waals surface area contributed by atoms with Crippen LogP contribution in [0.15, 0.2) is 36.4 Å². The van der Waals surface area contributed by atoms with E-state index in [1.165, 1.54) is 23.5 Å². The second-order valence-electron chi connectivity index (χ2n) is 4.58. The highest BCUT2D eigenvalue weighted by Gasteiger charge is 2.06. The molecule has 5 heteroatoms. The van der Waals surface area contributed by atoms with Crippen molar-refractivity contribution >= 4 is 26.7 Å². The molecule has 0 aliphatic carbocycles. The highest BCUT2D eigenvalue weighted by atomic mass is 32.1. The fraction of sp³-hybridized carbons (Fsp3) is 0.133. The van der Waals surface area contributed by atoms with Gasteiger partial charge in [0.25, 0.3) is 0 Å². The Morgan fingerprint density at radius 2 is 2.00 bits per heavy atom. The van der Waals surface area contributed by atoms with Crippen molar-refractivity contribution in [1.82, 2.24) is 4.98 Å². The number of rotatable bonds is 3. The minimum atomic E-state index is -0.568. The molecule has 102 valence electrons. The van der Waals surface area contributed by atoms with E-state index in [4.69, 9.17) is 0 Å². The summed E-state index contributed by atoms with van der Waals surface area (Å²) in [6.45, 7) is 2.30. The average molecular weight is 290 g/mol. The summed E-state index contributed by atoms with van der Waals surface area (Å²) in [5, 5.41) is 3.81. The molecule has 2 aromatic carbocycles. The molecular formula is C15H12F2N2S. The monoisotopic (exact) mass is 290 g/mol. The molecule has 0 radical (unpaired) electrons. The van der Waals surface area contributed by atoms with Crippen LogP contribution in [-0.2, 0) is 6.54 Å². The lowest BCUT2D eigenvalue weighted by molar-refractivity contribution is 0.574. The zero-order valence-electron chi connectivity index (χ0n) is 10.8. The number of aromatic nitrogens is 1. The molecule has 0 bridgehead atoms. The highest BCUT2D eigenvalue weighted by Crippen LogP contribution is 2.27. The molecule has 0 atom stereocenters. The van der Waals surface area contributed by atoms with Gasteiger partial charge < -0.3 is 5.32 Å². The Bertz CT molecular complexity index is 768. The minimum absolute atomic E-state index is 0.283. The first-order valence-electron chi connectivity index (χ1n) is 6.17. The SMILES string of the molecule is Cc1ccc2sc(NCc3ccc(F)cc3F)nc2c1. The minimum Gasteiger partial charge on any atom is -0.357 e. The first-order chi connectivity index (χ1) is 9.61. The van der Waals surface area contributed by atoms with Crippen LogP contribution in [-0.4, -0.2) is 4.98 Å². The van der Waals surface area contributed by atoms with Crippen LogP contribution in [0, 0.1) is 18.6 Å². The Morgan fingerprint density at radius 3 is 2.80 bits per heavy atom. The summed E-state index contributed by atoms with van der Waals surface area (Å²) in [6.07, 6.45) is 0. The summed E-state index contributed by atoms with van der Waals surface area (Å²) < 4.78 is 27.4. The Labute approximate surface area is 119 Å². The van der Waals surface area contributed by atoms with Crippen LogP contribution in [0.3, 0.4) is 0 Å². The van der Waals surface area contributed by atoms with Crippen molar-refractivity contribution in [2.45, 2.75) is 13.5 Å². The van der Waals surface area contributed by atoms with Crippen LogP contribution in [0.1, 0.15) is 11.1 Å². The Balaban J connectivity index is 1.79. The van der Waals surface area contributed by atoms with Gasteiger partial charge >= 0.3 is 0 Å². The second kappa shape index (κ2) is 5.17. The lowest BCUT2D eigenvalue weighted by Gasteiger charge is -2.04. The number of fused-ring (bicyclic) bond motifs is 1. The maximum atomic E-state index is 13.5. The number of nitrogens with one attached hydrogen (secondary N) is 1. The van der Waals surface area contributed by atoms with Gasteiger partial charge in [-0.05, 0) is 30.7 Å². The van der Waals surface area contributed by atoms with Gasteiger partial charge in [-0.3, -0.25) is 0 Å². The van der Waals surface area contributed by atoms with E-state index in [1.807, 2.05) is 25.1 Å². The summed E-state index contributed by atoms with van der Waals surface area (Å²) in [4.78, 5) is 4.45. The van der Waals surface area contributed by atoms with E-state index >= 15 is 0 Å².